The highest BCUT2D eigenvalue weighted by Gasteiger charge is 2.14. The van der Waals surface area contributed by atoms with Crippen molar-refractivity contribution < 1.29 is 4.79 Å². The first-order valence-electron chi connectivity index (χ1n) is 8.55. The number of ketones is 1. The number of unbranched alkanes of at least 4 members (excludes halogenated alkanes) is 6. The van der Waals surface area contributed by atoms with Crippen molar-refractivity contribution in [3.05, 3.63) is 0 Å². The molecule has 1 saturated heterocycles. The van der Waals surface area contributed by atoms with Crippen molar-refractivity contribution in [3.63, 3.8) is 0 Å². The van der Waals surface area contributed by atoms with Crippen molar-refractivity contribution in [1.82, 2.24) is 5.32 Å². The Labute approximate surface area is 119 Å². The van der Waals surface area contributed by atoms with E-state index in [2.05, 4.69) is 12.2 Å². The number of carbonyl (C=O) groups is 1. The maximum absolute atomic E-state index is 11.8. The minimum atomic E-state index is 0.499. The van der Waals surface area contributed by atoms with Crippen LogP contribution in [0, 0.1) is 5.92 Å². The fraction of sp³-hybridized carbons (Fsp3) is 0.941. The van der Waals surface area contributed by atoms with Gasteiger partial charge in [-0.15, -0.1) is 0 Å². The molecule has 1 unspecified atom stereocenters. The molecule has 1 heterocycles. The van der Waals surface area contributed by atoms with E-state index in [9.17, 15) is 4.79 Å². The topological polar surface area (TPSA) is 29.1 Å². The quantitative estimate of drug-likeness (QED) is 0.559. The Kier molecular flexibility index (Phi) is 10.1. The summed E-state index contributed by atoms with van der Waals surface area (Å²) in [6.45, 7) is 4.55. The van der Waals surface area contributed by atoms with Gasteiger partial charge in [0.2, 0.25) is 0 Å². The molecule has 0 saturated carbocycles. The smallest absolute Gasteiger partial charge is 0.132 e. The Hall–Kier alpha value is -0.370. The molecule has 0 aliphatic carbocycles. The van der Waals surface area contributed by atoms with Crippen LogP contribution in [0.5, 0.6) is 0 Å². The average molecular weight is 267 g/mol. The predicted octanol–water partition coefficient (Wildman–Crippen LogP) is 4.48. The summed E-state index contributed by atoms with van der Waals surface area (Å²) in [5.74, 6) is 1.26. The molecule has 0 aromatic heterocycles. The molecule has 19 heavy (non-hydrogen) atoms. The third-order valence-corrected chi connectivity index (χ3v) is 4.29. The molecule has 0 aromatic carbocycles. The Balaban J connectivity index is 1.87. The lowest BCUT2D eigenvalue weighted by molar-refractivity contribution is -0.119. The van der Waals surface area contributed by atoms with Gasteiger partial charge in [0.05, 0.1) is 0 Å². The molecule has 0 radical (unpaired) electrons. The molecular weight excluding hydrogens is 234 g/mol. The Morgan fingerprint density at radius 1 is 1.05 bits per heavy atom. The van der Waals surface area contributed by atoms with Crippen LogP contribution in [-0.4, -0.2) is 18.9 Å². The van der Waals surface area contributed by atoms with Crippen LogP contribution in [-0.2, 0) is 4.79 Å². The molecule has 0 bridgehead atoms. The summed E-state index contributed by atoms with van der Waals surface area (Å²) in [4.78, 5) is 11.8. The third kappa shape index (κ3) is 9.21. The minimum Gasteiger partial charge on any atom is -0.316 e. The van der Waals surface area contributed by atoms with E-state index in [1.807, 2.05) is 0 Å². The van der Waals surface area contributed by atoms with Gasteiger partial charge in [-0.3, -0.25) is 4.79 Å². The minimum absolute atomic E-state index is 0.499. The Bertz CT molecular complexity index is 221. The highest BCUT2D eigenvalue weighted by atomic mass is 16.1. The summed E-state index contributed by atoms with van der Waals surface area (Å²) in [5, 5.41) is 3.42. The standard InChI is InChI=1S/C17H33NO/c1-2-3-4-5-6-7-8-11-17(19)13-12-16-10-9-14-18-15-16/h16,18H,2-15H2,1H3. The molecule has 1 fully saturated rings. The van der Waals surface area contributed by atoms with E-state index in [-0.39, 0.29) is 0 Å². The van der Waals surface area contributed by atoms with Crippen LogP contribution < -0.4 is 5.32 Å². The van der Waals surface area contributed by atoms with Crippen LogP contribution in [0.3, 0.4) is 0 Å². The third-order valence-electron chi connectivity index (χ3n) is 4.29. The number of hydrogen-bond donors (Lipinski definition) is 1. The SMILES string of the molecule is CCCCCCCCCC(=O)CCC1CCCNC1. The van der Waals surface area contributed by atoms with E-state index in [0.29, 0.717) is 5.78 Å². The fourth-order valence-electron chi connectivity index (χ4n) is 2.94. The normalized spacial score (nSPS) is 19.5. The number of carbonyl (C=O) groups excluding carboxylic acids is 1. The van der Waals surface area contributed by atoms with Gasteiger partial charge < -0.3 is 5.32 Å². The molecule has 0 amide bonds. The largest absolute Gasteiger partial charge is 0.316 e. The van der Waals surface area contributed by atoms with Crippen molar-refractivity contribution in [1.29, 1.82) is 0 Å². The van der Waals surface area contributed by atoms with E-state index in [1.54, 1.807) is 0 Å². The monoisotopic (exact) mass is 267 g/mol. The highest BCUT2D eigenvalue weighted by Crippen LogP contribution is 2.17. The zero-order chi connectivity index (χ0) is 13.8. The molecule has 1 rings (SSSR count). The Morgan fingerprint density at radius 2 is 1.79 bits per heavy atom. The predicted molar refractivity (Wildman–Crippen MR) is 82.4 cm³/mol. The van der Waals surface area contributed by atoms with E-state index in [0.717, 1.165) is 38.1 Å². The van der Waals surface area contributed by atoms with E-state index >= 15 is 0 Å². The first-order chi connectivity index (χ1) is 9.33. The van der Waals surface area contributed by atoms with Gasteiger partial charge in [0.25, 0.3) is 0 Å². The maximum Gasteiger partial charge on any atom is 0.132 e. The highest BCUT2D eigenvalue weighted by molar-refractivity contribution is 5.78. The van der Waals surface area contributed by atoms with E-state index in [4.69, 9.17) is 0 Å². The van der Waals surface area contributed by atoms with Gasteiger partial charge >= 0.3 is 0 Å². The molecule has 0 spiro atoms. The molecule has 1 N–H and O–H groups in total. The second-order valence-electron chi connectivity index (χ2n) is 6.16. The van der Waals surface area contributed by atoms with Gasteiger partial charge in [-0.25, -0.2) is 0 Å². The van der Waals surface area contributed by atoms with Crippen molar-refractivity contribution in [2.75, 3.05) is 13.1 Å². The molecule has 2 heteroatoms. The van der Waals surface area contributed by atoms with E-state index < -0.39 is 0 Å². The molecule has 1 aliphatic heterocycles. The van der Waals surface area contributed by atoms with Crippen LogP contribution >= 0.6 is 0 Å². The molecule has 1 aliphatic rings. The lowest BCUT2D eigenvalue weighted by Gasteiger charge is -2.22. The zero-order valence-corrected chi connectivity index (χ0v) is 12.9. The summed E-state index contributed by atoms with van der Waals surface area (Å²) >= 11 is 0. The van der Waals surface area contributed by atoms with Gasteiger partial charge in [-0.05, 0) is 44.7 Å². The van der Waals surface area contributed by atoms with Crippen LogP contribution in [0.4, 0.5) is 0 Å². The lowest BCUT2D eigenvalue weighted by atomic mass is 9.93. The average Bonchev–Trinajstić information content (AvgIpc) is 2.45. The van der Waals surface area contributed by atoms with Gasteiger partial charge in [-0.1, -0.05) is 45.4 Å². The lowest BCUT2D eigenvalue weighted by Crippen LogP contribution is -2.29. The van der Waals surface area contributed by atoms with Gasteiger partial charge in [0.15, 0.2) is 0 Å². The van der Waals surface area contributed by atoms with Crippen LogP contribution in [0.15, 0.2) is 0 Å². The van der Waals surface area contributed by atoms with Crippen LogP contribution in [0.25, 0.3) is 0 Å². The first kappa shape index (κ1) is 16.7. The molecule has 1 atom stereocenters. The summed E-state index contributed by atoms with van der Waals surface area (Å²) in [6, 6.07) is 0. The Morgan fingerprint density at radius 3 is 2.47 bits per heavy atom. The van der Waals surface area contributed by atoms with Crippen molar-refractivity contribution in [2.45, 2.75) is 84.0 Å². The second-order valence-corrected chi connectivity index (χ2v) is 6.16. The molecular formula is C17H33NO. The number of Topliss-reactive ketones (excluding diaryl/α,β-unsaturated/α-hetero) is 1. The first-order valence-corrected chi connectivity index (χ1v) is 8.55. The van der Waals surface area contributed by atoms with Gasteiger partial charge in [0.1, 0.15) is 5.78 Å². The summed E-state index contributed by atoms with van der Waals surface area (Å²) in [7, 11) is 0. The molecule has 2 nitrogen and oxygen atoms in total. The van der Waals surface area contributed by atoms with Gasteiger partial charge in [-0.2, -0.15) is 0 Å². The summed E-state index contributed by atoms with van der Waals surface area (Å²) < 4.78 is 0. The van der Waals surface area contributed by atoms with Gasteiger partial charge in [0, 0.05) is 12.8 Å². The van der Waals surface area contributed by atoms with Crippen LogP contribution in [0.2, 0.25) is 0 Å². The zero-order valence-electron chi connectivity index (χ0n) is 12.9. The van der Waals surface area contributed by atoms with Crippen molar-refractivity contribution in [3.8, 4) is 0 Å². The number of hydrogen-bond acceptors (Lipinski definition) is 2. The molecule has 0 aromatic rings. The van der Waals surface area contributed by atoms with Crippen LogP contribution in [0.1, 0.15) is 84.0 Å². The van der Waals surface area contributed by atoms with E-state index in [1.165, 1.54) is 57.9 Å². The second kappa shape index (κ2) is 11.5. The number of rotatable bonds is 11. The summed E-state index contributed by atoms with van der Waals surface area (Å²) in [5.41, 5.74) is 0. The maximum atomic E-state index is 11.8. The fourth-order valence-corrected chi connectivity index (χ4v) is 2.94. The van der Waals surface area contributed by atoms with Crippen molar-refractivity contribution >= 4 is 5.78 Å². The van der Waals surface area contributed by atoms with Crippen molar-refractivity contribution in [2.24, 2.45) is 5.92 Å². The number of nitrogens with one attached hydrogen (secondary N) is 1. The molecule has 112 valence electrons. The number of piperidine rings is 1. The summed E-state index contributed by atoms with van der Waals surface area (Å²) in [6.07, 6.45) is 14.5.